The van der Waals surface area contributed by atoms with E-state index in [0.29, 0.717) is 21.8 Å². The largest absolute Gasteiger partial charge is 0.391 e. The van der Waals surface area contributed by atoms with Gasteiger partial charge in [-0.1, -0.05) is 11.6 Å². The number of rotatable bonds is 4. The first kappa shape index (κ1) is 11.8. The van der Waals surface area contributed by atoms with Gasteiger partial charge in [-0.3, -0.25) is 0 Å². The molecule has 2 aromatic rings. The van der Waals surface area contributed by atoms with Crippen LogP contribution in [-0.2, 0) is 6.61 Å². The summed E-state index contributed by atoms with van der Waals surface area (Å²) in [7, 11) is 0. The summed E-state index contributed by atoms with van der Waals surface area (Å²) in [6, 6.07) is 0.386. The number of nitrogens with zero attached hydrogens (tertiary/aromatic N) is 6. The predicted molar refractivity (Wildman–Crippen MR) is 63.2 cm³/mol. The molecule has 3 rings (SSSR count). The number of aromatic nitrogens is 6. The Bertz CT molecular complexity index is 572. The molecule has 0 spiro atoms. The molecule has 2 heterocycles. The van der Waals surface area contributed by atoms with Gasteiger partial charge in [0.1, 0.15) is 16.5 Å². The summed E-state index contributed by atoms with van der Waals surface area (Å²) in [6.07, 6.45) is 3.54. The van der Waals surface area contributed by atoms with E-state index in [1.165, 1.54) is 18.1 Å². The van der Waals surface area contributed by atoms with Crippen LogP contribution in [0.2, 0.25) is 5.15 Å². The Balaban J connectivity index is 1.92. The average molecular weight is 285 g/mol. The second-order valence-electron chi connectivity index (χ2n) is 3.85. The van der Waals surface area contributed by atoms with Crippen LogP contribution in [0.1, 0.15) is 24.4 Å². The fourth-order valence-electron chi connectivity index (χ4n) is 1.48. The quantitative estimate of drug-likeness (QED) is 0.841. The molecular weight excluding hydrogens is 276 g/mol. The third-order valence-electron chi connectivity index (χ3n) is 2.55. The highest BCUT2D eigenvalue weighted by Gasteiger charge is 2.28. The molecule has 0 saturated heterocycles. The first-order chi connectivity index (χ1) is 8.79. The van der Waals surface area contributed by atoms with Crippen molar-refractivity contribution >= 4 is 23.4 Å². The second kappa shape index (κ2) is 4.79. The Kier molecular flexibility index (Phi) is 3.14. The summed E-state index contributed by atoms with van der Waals surface area (Å²) in [5, 5.41) is 22.3. The van der Waals surface area contributed by atoms with Crippen molar-refractivity contribution in [1.29, 1.82) is 0 Å². The van der Waals surface area contributed by atoms with Crippen LogP contribution in [0, 0.1) is 0 Å². The molecule has 0 aliphatic heterocycles. The minimum atomic E-state index is -0.215. The molecule has 1 aliphatic carbocycles. The molecule has 94 valence electrons. The molecule has 0 aromatic carbocycles. The molecule has 18 heavy (non-hydrogen) atoms. The first-order valence-corrected chi connectivity index (χ1v) is 6.55. The maximum atomic E-state index is 9.28. The highest BCUT2D eigenvalue weighted by Crippen LogP contribution is 2.38. The average Bonchev–Trinajstić information content (AvgIpc) is 3.11. The monoisotopic (exact) mass is 284 g/mol. The van der Waals surface area contributed by atoms with Crippen LogP contribution in [0.5, 0.6) is 0 Å². The van der Waals surface area contributed by atoms with Gasteiger partial charge in [0, 0.05) is 5.56 Å². The summed E-state index contributed by atoms with van der Waals surface area (Å²) < 4.78 is 1.78. The normalized spacial score (nSPS) is 15.0. The molecule has 0 radical (unpaired) electrons. The molecular formula is C9H9ClN6OS. The topological polar surface area (TPSA) is 89.6 Å². The van der Waals surface area contributed by atoms with E-state index in [4.69, 9.17) is 11.6 Å². The molecule has 1 aliphatic rings. The fourth-order valence-corrected chi connectivity index (χ4v) is 2.65. The van der Waals surface area contributed by atoms with Gasteiger partial charge in [-0.2, -0.15) is 0 Å². The van der Waals surface area contributed by atoms with E-state index in [-0.39, 0.29) is 11.8 Å². The molecule has 1 fully saturated rings. The van der Waals surface area contributed by atoms with Gasteiger partial charge in [0.05, 0.1) is 12.6 Å². The Morgan fingerprint density at radius 2 is 2.28 bits per heavy atom. The highest BCUT2D eigenvalue weighted by molar-refractivity contribution is 7.99. The van der Waals surface area contributed by atoms with Crippen LogP contribution < -0.4 is 0 Å². The lowest BCUT2D eigenvalue weighted by Crippen LogP contribution is -2.01. The summed E-state index contributed by atoms with van der Waals surface area (Å²) in [5.74, 6) is 0. The number of aliphatic hydroxyl groups is 1. The molecule has 0 atom stereocenters. The zero-order valence-electron chi connectivity index (χ0n) is 9.19. The van der Waals surface area contributed by atoms with Crippen molar-refractivity contribution in [3.8, 4) is 0 Å². The van der Waals surface area contributed by atoms with E-state index in [1.54, 1.807) is 4.68 Å². The van der Waals surface area contributed by atoms with Gasteiger partial charge in [-0.15, -0.1) is 5.10 Å². The van der Waals surface area contributed by atoms with Gasteiger partial charge >= 0.3 is 0 Å². The van der Waals surface area contributed by atoms with Gasteiger partial charge in [0.2, 0.25) is 5.16 Å². The van der Waals surface area contributed by atoms with Crippen molar-refractivity contribution < 1.29 is 5.11 Å². The summed E-state index contributed by atoms with van der Waals surface area (Å²) >= 11 is 7.19. The molecule has 9 heteroatoms. The van der Waals surface area contributed by atoms with E-state index in [0.717, 1.165) is 12.8 Å². The molecule has 0 bridgehead atoms. The zero-order valence-corrected chi connectivity index (χ0v) is 10.8. The molecule has 0 amide bonds. The Morgan fingerprint density at radius 1 is 1.44 bits per heavy atom. The van der Waals surface area contributed by atoms with Crippen LogP contribution in [0.15, 0.2) is 16.5 Å². The third kappa shape index (κ3) is 2.18. The lowest BCUT2D eigenvalue weighted by Gasteiger charge is -2.06. The van der Waals surface area contributed by atoms with Crippen molar-refractivity contribution in [2.24, 2.45) is 0 Å². The minimum absolute atomic E-state index is 0.215. The maximum Gasteiger partial charge on any atom is 0.215 e. The fraction of sp³-hybridized carbons (Fsp3) is 0.444. The zero-order chi connectivity index (χ0) is 12.5. The van der Waals surface area contributed by atoms with E-state index in [2.05, 4.69) is 25.5 Å². The predicted octanol–water partition coefficient (Wildman–Crippen LogP) is 1.09. The summed E-state index contributed by atoms with van der Waals surface area (Å²) in [6.45, 7) is -0.215. The van der Waals surface area contributed by atoms with Crippen LogP contribution >= 0.6 is 23.4 Å². The van der Waals surface area contributed by atoms with Gasteiger partial charge in [-0.05, 0) is 35.0 Å². The summed E-state index contributed by atoms with van der Waals surface area (Å²) in [4.78, 5) is 7.94. The third-order valence-corrected chi connectivity index (χ3v) is 3.88. The van der Waals surface area contributed by atoms with Gasteiger partial charge in [0.25, 0.3) is 0 Å². The van der Waals surface area contributed by atoms with Gasteiger partial charge in [-0.25, -0.2) is 14.6 Å². The van der Waals surface area contributed by atoms with E-state index in [9.17, 15) is 5.11 Å². The second-order valence-corrected chi connectivity index (χ2v) is 5.16. The molecule has 0 unspecified atom stereocenters. The maximum absolute atomic E-state index is 9.28. The molecule has 2 aromatic heterocycles. The molecule has 1 saturated carbocycles. The highest BCUT2D eigenvalue weighted by atomic mass is 35.5. The van der Waals surface area contributed by atoms with Crippen LogP contribution in [0.25, 0.3) is 0 Å². The van der Waals surface area contributed by atoms with Crippen LogP contribution in [0.3, 0.4) is 0 Å². The van der Waals surface area contributed by atoms with E-state index in [1.807, 2.05) is 0 Å². The Morgan fingerprint density at radius 3 is 3.00 bits per heavy atom. The lowest BCUT2D eigenvalue weighted by molar-refractivity contribution is 0.277. The van der Waals surface area contributed by atoms with Crippen LogP contribution in [-0.4, -0.2) is 35.3 Å². The smallest absolute Gasteiger partial charge is 0.215 e. The van der Waals surface area contributed by atoms with E-state index >= 15 is 0 Å². The van der Waals surface area contributed by atoms with Crippen molar-refractivity contribution in [3.63, 3.8) is 0 Å². The number of halogens is 1. The number of hydrogen-bond donors (Lipinski definition) is 1. The SMILES string of the molecule is OCc1c(Cl)ncnc1Sc1nnnn1C1CC1. The molecule has 1 N–H and O–H groups in total. The number of aliphatic hydroxyl groups excluding tert-OH is 1. The van der Waals surface area contributed by atoms with Crippen molar-refractivity contribution in [2.45, 2.75) is 35.7 Å². The Labute approximate surface area is 112 Å². The lowest BCUT2D eigenvalue weighted by atomic mass is 10.4. The van der Waals surface area contributed by atoms with E-state index < -0.39 is 0 Å². The van der Waals surface area contributed by atoms with Gasteiger partial charge in [0.15, 0.2) is 0 Å². The first-order valence-electron chi connectivity index (χ1n) is 5.35. The Hall–Kier alpha value is -1.25. The van der Waals surface area contributed by atoms with Crippen molar-refractivity contribution in [3.05, 3.63) is 17.0 Å². The standard InChI is InChI=1S/C9H9ClN6OS/c10-7-6(3-17)8(12-4-11-7)18-9-13-14-15-16(9)5-1-2-5/h4-5,17H,1-3H2. The van der Waals surface area contributed by atoms with Crippen molar-refractivity contribution in [1.82, 2.24) is 30.2 Å². The molecule has 7 nitrogen and oxygen atoms in total. The number of tetrazole rings is 1. The van der Waals surface area contributed by atoms with Crippen molar-refractivity contribution in [2.75, 3.05) is 0 Å². The number of hydrogen-bond acceptors (Lipinski definition) is 7. The van der Waals surface area contributed by atoms with Crippen LogP contribution in [0.4, 0.5) is 0 Å². The van der Waals surface area contributed by atoms with Gasteiger partial charge < -0.3 is 5.11 Å². The summed E-state index contributed by atoms with van der Waals surface area (Å²) in [5.41, 5.74) is 0.495. The minimum Gasteiger partial charge on any atom is -0.391 e.